The van der Waals surface area contributed by atoms with Crippen LogP contribution in [0.3, 0.4) is 0 Å². The molecule has 0 saturated heterocycles. The summed E-state index contributed by atoms with van der Waals surface area (Å²) in [5, 5.41) is 0. The molecule has 0 N–H and O–H groups in total. The third kappa shape index (κ3) is 3.73. The molecule has 4 aromatic heterocycles. The van der Waals surface area contributed by atoms with Gasteiger partial charge in [-0.3, -0.25) is 18.3 Å². The molecular weight excluding hydrogens is 568 g/mol. The Labute approximate surface area is 264 Å². The van der Waals surface area contributed by atoms with Gasteiger partial charge in [-0.2, -0.15) is 0 Å². The molecule has 0 aliphatic heterocycles. The van der Waals surface area contributed by atoms with Crippen LogP contribution in [-0.2, 0) is 0 Å². The van der Waals surface area contributed by atoms with Crippen molar-refractivity contribution in [2.24, 2.45) is 0 Å². The molecule has 9 aromatic rings. The third-order valence-electron chi connectivity index (χ3n) is 8.95. The van der Waals surface area contributed by atoms with Gasteiger partial charge in [-0.15, -0.1) is 0 Å². The Hall–Kier alpha value is -6.02. The molecular formula is C38H30N8. The Morgan fingerprint density at radius 3 is 0.783 bits per heavy atom. The Morgan fingerprint density at radius 1 is 0.326 bits per heavy atom. The van der Waals surface area contributed by atoms with E-state index in [4.69, 9.17) is 19.9 Å². The normalized spacial score (nSPS) is 11.9. The molecule has 0 radical (unpaired) electrons. The summed E-state index contributed by atoms with van der Waals surface area (Å²) in [7, 11) is 0. The van der Waals surface area contributed by atoms with Crippen LogP contribution in [0.15, 0.2) is 109 Å². The molecule has 0 amide bonds. The van der Waals surface area contributed by atoms with Crippen molar-refractivity contribution in [1.29, 1.82) is 0 Å². The summed E-state index contributed by atoms with van der Waals surface area (Å²) < 4.78 is 9.05. The first-order valence-corrected chi connectivity index (χ1v) is 15.4. The lowest BCUT2D eigenvalue weighted by Crippen LogP contribution is -2.12. The van der Waals surface area contributed by atoms with Crippen molar-refractivity contribution >= 4 is 44.1 Å². The number of aryl methyl sites for hydroxylation is 4. The molecule has 0 spiro atoms. The lowest BCUT2D eigenvalue weighted by molar-refractivity contribution is 0.911. The Bertz CT molecular complexity index is 2280. The van der Waals surface area contributed by atoms with Crippen LogP contribution in [0.4, 0.5) is 0 Å². The van der Waals surface area contributed by atoms with E-state index in [2.05, 4.69) is 131 Å². The number of fused-ring (bicyclic) bond motifs is 4. The van der Waals surface area contributed by atoms with Crippen molar-refractivity contribution < 1.29 is 0 Å². The molecule has 8 nitrogen and oxygen atoms in total. The third-order valence-corrected chi connectivity index (χ3v) is 8.95. The predicted molar refractivity (Wildman–Crippen MR) is 184 cm³/mol. The SMILES string of the molecule is Cc1nc2ccccc2n1-c1cc(-n2c(C)nc3ccccc32)c(-n2c(C)nc3ccccc32)cc1-n1c(C)nc2ccccc21. The molecule has 0 fully saturated rings. The van der Waals surface area contributed by atoms with Crippen LogP contribution in [0.25, 0.3) is 66.9 Å². The topological polar surface area (TPSA) is 71.3 Å². The first-order valence-electron chi connectivity index (χ1n) is 15.4. The Balaban J connectivity index is 1.50. The second kappa shape index (κ2) is 9.74. The molecule has 0 atom stereocenters. The maximum absolute atomic E-state index is 4.99. The first kappa shape index (κ1) is 26.4. The summed E-state index contributed by atoms with van der Waals surface area (Å²) in [6.45, 7) is 8.28. The summed E-state index contributed by atoms with van der Waals surface area (Å²) in [4.78, 5) is 20.0. The highest BCUT2D eigenvalue weighted by molar-refractivity contribution is 5.87. The summed E-state index contributed by atoms with van der Waals surface area (Å²) >= 11 is 0. The number of hydrogen-bond donors (Lipinski definition) is 0. The smallest absolute Gasteiger partial charge is 0.111 e. The summed E-state index contributed by atoms with van der Waals surface area (Å²) in [5.41, 5.74) is 11.9. The van der Waals surface area contributed by atoms with Crippen molar-refractivity contribution in [1.82, 2.24) is 38.2 Å². The maximum Gasteiger partial charge on any atom is 0.111 e. The second-order valence-corrected chi connectivity index (χ2v) is 11.8. The molecule has 8 heteroatoms. The van der Waals surface area contributed by atoms with Gasteiger partial charge in [-0.05, 0) is 88.4 Å². The minimum Gasteiger partial charge on any atom is -0.294 e. The van der Waals surface area contributed by atoms with E-state index in [1.165, 1.54) is 0 Å². The number of para-hydroxylation sites is 8. The molecule has 0 unspecified atom stereocenters. The van der Waals surface area contributed by atoms with Crippen LogP contribution in [0.5, 0.6) is 0 Å². The van der Waals surface area contributed by atoms with Crippen LogP contribution in [0.2, 0.25) is 0 Å². The van der Waals surface area contributed by atoms with Gasteiger partial charge in [-0.1, -0.05) is 48.5 Å². The summed E-state index contributed by atoms with van der Waals surface area (Å²) in [6.07, 6.45) is 0. The van der Waals surface area contributed by atoms with Gasteiger partial charge >= 0.3 is 0 Å². The Kier molecular flexibility index (Phi) is 5.59. The zero-order valence-electron chi connectivity index (χ0n) is 26.0. The van der Waals surface area contributed by atoms with Crippen LogP contribution in [-0.4, -0.2) is 38.2 Å². The van der Waals surface area contributed by atoms with E-state index in [0.29, 0.717) is 0 Å². The van der Waals surface area contributed by atoms with E-state index in [1.807, 2.05) is 24.3 Å². The van der Waals surface area contributed by atoms with Crippen molar-refractivity contribution in [3.63, 3.8) is 0 Å². The van der Waals surface area contributed by atoms with Gasteiger partial charge in [0.25, 0.3) is 0 Å². The zero-order valence-corrected chi connectivity index (χ0v) is 26.0. The fourth-order valence-corrected chi connectivity index (χ4v) is 7.07. The van der Waals surface area contributed by atoms with Crippen LogP contribution >= 0.6 is 0 Å². The number of rotatable bonds is 4. The van der Waals surface area contributed by atoms with Crippen LogP contribution < -0.4 is 0 Å². The lowest BCUT2D eigenvalue weighted by Gasteiger charge is -2.23. The molecule has 0 bridgehead atoms. The highest BCUT2D eigenvalue weighted by atomic mass is 15.2. The minimum absolute atomic E-state index is 0.902. The van der Waals surface area contributed by atoms with Gasteiger partial charge in [0.15, 0.2) is 0 Å². The molecule has 9 rings (SSSR count). The molecule has 0 aliphatic carbocycles. The standard InChI is InChI=1S/C38H30N8/c1-23-39-27-13-5-9-17-31(27)43(23)35-21-37(45-25(3)41-29-15-7-11-19-33(29)45)38(46-26(4)42-30-16-8-12-20-34(30)46)22-36(35)44-24(2)40-28-14-6-10-18-32(28)44/h5-22H,1-4H3. The van der Waals surface area contributed by atoms with E-state index in [9.17, 15) is 0 Å². The fraction of sp³-hybridized carbons (Fsp3) is 0.105. The summed E-state index contributed by atoms with van der Waals surface area (Å²) in [5.74, 6) is 3.61. The predicted octanol–water partition coefficient (Wildman–Crippen LogP) is 8.28. The molecule has 0 aliphatic rings. The Morgan fingerprint density at radius 2 is 0.543 bits per heavy atom. The van der Waals surface area contributed by atoms with Gasteiger partial charge in [0.1, 0.15) is 23.3 Å². The molecule has 46 heavy (non-hydrogen) atoms. The average molecular weight is 599 g/mol. The number of hydrogen-bond acceptors (Lipinski definition) is 4. The quantitative estimate of drug-likeness (QED) is 0.204. The summed E-state index contributed by atoms with van der Waals surface area (Å²) in [6, 6.07) is 37.8. The second-order valence-electron chi connectivity index (χ2n) is 11.8. The largest absolute Gasteiger partial charge is 0.294 e. The highest BCUT2D eigenvalue weighted by Crippen LogP contribution is 2.38. The van der Waals surface area contributed by atoms with E-state index in [1.54, 1.807) is 0 Å². The number of nitrogens with zero attached hydrogens (tertiary/aromatic N) is 8. The van der Waals surface area contributed by atoms with Gasteiger partial charge in [0.05, 0.1) is 66.9 Å². The van der Waals surface area contributed by atoms with E-state index in [0.717, 1.165) is 90.2 Å². The van der Waals surface area contributed by atoms with E-state index in [-0.39, 0.29) is 0 Å². The maximum atomic E-state index is 4.99. The fourth-order valence-electron chi connectivity index (χ4n) is 7.07. The molecule has 5 aromatic carbocycles. The number of aromatic nitrogens is 8. The monoisotopic (exact) mass is 598 g/mol. The van der Waals surface area contributed by atoms with Crippen LogP contribution in [0.1, 0.15) is 23.3 Å². The van der Waals surface area contributed by atoms with Gasteiger partial charge in [0, 0.05) is 0 Å². The highest BCUT2D eigenvalue weighted by Gasteiger charge is 2.24. The first-order chi connectivity index (χ1) is 22.5. The van der Waals surface area contributed by atoms with E-state index < -0.39 is 0 Å². The lowest BCUT2D eigenvalue weighted by atomic mass is 10.1. The van der Waals surface area contributed by atoms with Crippen molar-refractivity contribution in [2.75, 3.05) is 0 Å². The van der Waals surface area contributed by atoms with Gasteiger partial charge in [-0.25, -0.2) is 19.9 Å². The van der Waals surface area contributed by atoms with Crippen molar-refractivity contribution in [3.05, 3.63) is 132 Å². The molecule has 0 saturated carbocycles. The van der Waals surface area contributed by atoms with Crippen molar-refractivity contribution in [2.45, 2.75) is 27.7 Å². The molecule has 4 heterocycles. The van der Waals surface area contributed by atoms with Gasteiger partial charge in [0.2, 0.25) is 0 Å². The van der Waals surface area contributed by atoms with Gasteiger partial charge < -0.3 is 0 Å². The number of imidazole rings is 4. The zero-order chi connectivity index (χ0) is 31.1. The van der Waals surface area contributed by atoms with E-state index >= 15 is 0 Å². The van der Waals surface area contributed by atoms with Crippen molar-refractivity contribution in [3.8, 4) is 22.7 Å². The van der Waals surface area contributed by atoms with Crippen LogP contribution in [0, 0.1) is 27.7 Å². The average Bonchev–Trinajstić information content (AvgIpc) is 3.78. The minimum atomic E-state index is 0.902. The molecule has 222 valence electrons. The number of benzene rings is 5.